The predicted octanol–water partition coefficient (Wildman–Crippen LogP) is 6.46. The maximum atomic E-state index is 13.2. The average molecular weight is 582 g/mol. The summed E-state index contributed by atoms with van der Waals surface area (Å²) in [6.45, 7) is 7.78. The number of imide groups is 1. The van der Waals surface area contributed by atoms with Gasteiger partial charge in [-0.25, -0.2) is 14.5 Å². The molecule has 0 bridgehead atoms. The first-order valence-corrected chi connectivity index (χ1v) is 15.2. The molecule has 1 saturated heterocycles. The second-order valence-corrected chi connectivity index (χ2v) is 11.5. The number of amides is 3. The van der Waals surface area contributed by atoms with E-state index < -0.39 is 23.5 Å². The Morgan fingerprint density at radius 2 is 1.74 bits per heavy atom. The van der Waals surface area contributed by atoms with Gasteiger partial charge in [0.15, 0.2) is 0 Å². The maximum absolute atomic E-state index is 13.2. The Bertz CT molecular complexity index is 1120. The number of likely N-dealkylation sites (tertiary alicyclic amines) is 1. The first-order chi connectivity index (χ1) is 20.3. The van der Waals surface area contributed by atoms with E-state index in [0.29, 0.717) is 19.4 Å². The molecule has 1 heterocycles. The molecule has 2 aromatic rings. The number of ether oxygens (including phenoxy) is 2. The van der Waals surface area contributed by atoms with Gasteiger partial charge in [-0.15, -0.1) is 0 Å². The summed E-state index contributed by atoms with van der Waals surface area (Å²) in [7, 11) is 0. The number of carboxylic acid groups (broad SMARTS) is 1. The van der Waals surface area contributed by atoms with Gasteiger partial charge < -0.3 is 19.9 Å². The fraction of sp³-hybridized carbons (Fsp3) is 0.545. The summed E-state index contributed by atoms with van der Waals surface area (Å²) >= 11 is 0. The minimum absolute atomic E-state index is 0.00231. The number of rotatable bonds is 16. The van der Waals surface area contributed by atoms with Crippen molar-refractivity contribution in [3.05, 3.63) is 65.7 Å². The number of unbranched alkanes of at least 4 members (excludes halogenated alkanes) is 1. The molecule has 0 spiro atoms. The van der Waals surface area contributed by atoms with Crippen molar-refractivity contribution in [1.29, 1.82) is 0 Å². The zero-order valence-corrected chi connectivity index (χ0v) is 25.2. The zero-order chi connectivity index (χ0) is 30.2. The molecule has 230 valence electrons. The van der Waals surface area contributed by atoms with E-state index >= 15 is 0 Å². The van der Waals surface area contributed by atoms with Crippen molar-refractivity contribution in [3.63, 3.8) is 0 Å². The summed E-state index contributed by atoms with van der Waals surface area (Å²) in [5, 5.41) is 12.6. The Labute approximate surface area is 250 Å². The molecule has 0 saturated carbocycles. The van der Waals surface area contributed by atoms with Crippen LogP contribution in [0.4, 0.5) is 9.59 Å². The van der Waals surface area contributed by atoms with Crippen LogP contribution in [0.25, 0.3) is 0 Å². The van der Waals surface area contributed by atoms with E-state index in [2.05, 4.69) is 23.2 Å². The predicted molar refractivity (Wildman–Crippen MR) is 162 cm³/mol. The minimum atomic E-state index is -1.28. The molecule has 1 fully saturated rings. The third kappa shape index (κ3) is 11.7. The molecule has 9 nitrogen and oxygen atoms in total. The van der Waals surface area contributed by atoms with Gasteiger partial charge >= 0.3 is 12.2 Å². The number of carbonyl (C=O) groups excluding carboxylic acids is 2. The number of nitrogens with one attached hydrogen (secondary N) is 1. The van der Waals surface area contributed by atoms with E-state index in [-0.39, 0.29) is 26.1 Å². The number of hydrogen-bond acceptors (Lipinski definition) is 6. The van der Waals surface area contributed by atoms with Crippen LogP contribution >= 0.6 is 0 Å². The quantitative estimate of drug-likeness (QED) is 0.219. The first-order valence-electron chi connectivity index (χ1n) is 15.2. The number of benzene rings is 2. The molecule has 2 aromatic carbocycles. The van der Waals surface area contributed by atoms with Crippen LogP contribution < -0.4 is 10.1 Å². The first kappa shape index (κ1) is 32.9. The van der Waals surface area contributed by atoms with Crippen LogP contribution in [0.5, 0.6) is 5.75 Å². The molecule has 9 heteroatoms. The third-order valence-electron chi connectivity index (χ3n) is 7.66. The normalized spacial score (nSPS) is 14.9. The van der Waals surface area contributed by atoms with E-state index in [4.69, 9.17) is 9.47 Å². The molecule has 0 aliphatic carbocycles. The molecular weight excluding hydrogens is 534 g/mol. The molecule has 3 amide bonds. The second-order valence-electron chi connectivity index (χ2n) is 11.5. The van der Waals surface area contributed by atoms with Gasteiger partial charge in [0.1, 0.15) is 12.4 Å². The maximum Gasteiger partial charge on any atom is 0.414 e. The van der Waals surface area contributed by atoms with Gasteiger partial charge in [0.2, 0.25) is 5.91 Å². The number of alkyl carbamates (subject to hydrolysis) is 1. The molecule has 0 aromatic heterocycles. The van der Waals surface area contributed by atoms with E-state index in [9.17, 15) is 19.5 Å². The molecule has 1 atom stereocenters. The number of hydrogen-bond donors (Lipinski definition) is 2. The Morgan fingerprint density at radius 3 is 2.45 bits per heavy atom. The fourth-order valence-electron chi connectivity index (χ4n) is 5.21. The fourth-order valence-corrected chi connectivity index (χ4v) is 5.21. The van der Waals surface area contributed by atoms with Crippen molar-refractivity contribution in [1.82, 2.24) is 15.1 Å². The van der Waals surface area contributed by atoms with Crippen molar-refractivity contribution in [2.75, 3.05) is 32.8 Å². The van der Waals surface area contributed by atoms with Crippen LogP contribution in [-0.2, 0) is 22.7 Å². The van der Waals surface area contributed by atoms with E-state index in [1.165, 1.54) is 24.8 Å². The van der Waals surface area contributed by atoms with Crippen LogP contribution in [0.3, 0.4) is 0 Å². The molecule has 1 aliphatic heterocycles. The number of carbonyl (C=O) groups is 3. The van der Waals surface area contributed by atoms with Gasteiger partial charge in [-0.1, -0.05) is 75.6 Å². The third-order valence-corrected chi connectivity index (χ3v) is 7.66. The van der Waals surface area contributed by atoms with Crippen molar-refractivity contribution >= 4 is 18.1 Å². The van der Waals surface area contributed by atoms with Crippen molar-refractivity contribution in [2.24, 2.45) is 5.41 Å². The van der Waals surface area contributed by atoms with E-state index in [1.807, 2.05) is 55.5 Å². The largest absolute Gasteiger partial charge is 0.494 e. The van der Waals surface area contributed by atoms with Crippen molar-refractivity contribution in [3.8, 4) is 5.75 Å². The van der Waals surface area contributed by atoms with Gasteiger partial charge in [0.25, 0.3) is 0 Å². The van der Waals surface area contributed by atoms with E-state index in [1.54, 1.807) is 0 Å². The van der Waals surface area contributed by atoms with Crippen molar-refractivity contribution in [2.45, 2.75) is 78.4 Å². The van der Waals surface area contributed by atoms with Crippen molar-refractivity contribution < 1.29 is 29.0 Å². The highest BCUT2D eigenvalue weighted by Gasteiger charge is 2.32. The molecular formula is C33H47N3O6. The van der Waals surface area contributed by atoms with Crippen LogP contribution in [0.2, 0.25) is 0 Å². The topological polar surface area (TPSA) is 108 Å². The van der Waals surface area contributed by atoms with Gasteiger partial charge in [-0.3, -0.25) is 9.69 Å². The lowest BCUT2D eigenvalue weighted by Crippen LogP contribution is -2.43. The Balaban J connectivity index is 1.47. The molecule has 0 radical (unpaired) electrons. The Morgan fingerprint density at radius 1 is 1.00 bits per heavy atom. The summed E-state index contributed by atoms with van der Waals surface area (Å²) in [6, 6.07) is 17.4. The molecule has 2 N–H and O–H groups in total. The summed E-state index contributed by atoms with van der Waals surface area (Å²) in [5.74, 6) is 0.263. The highest BCUT2D eigenvalue weighted by Crippen LogP contribution is 2.29. The summed E-state index contributed by atoms with van der Waals surface area (Å²) in [5.41, 5.74) is 1.46. The molecule has 42 heavy (non-hydrogen) atoms. The highest BCUT2D eigenvalue weighted by atomic mass is 16.5. The van der Waals surface area contributed by atoms with Gasteiger partial charge in [0, 0.05) is 26.1 Å². The van der Waals surface area contributed by atoms with Crippen LogP contribution in [-0.4, -0.2) is 65.8 Å². The summed E-state index contributed by atoms with van der Waals surface area (Å²) < 4.78 is 11.2. The van der Waals surface area contributed by atoms with Gasteiger partial charge in [0.05, 0.1) is 6.61 Å². The Hall–Kier alpha value is -3.59. The number of piperidine rings is 1. The van der Waals surface area contributed by atoms with Crippen LogP contribution in [0.1, 0.15) is 76.3 Å². The Kier molecular flexibility index (Phi) is 13.6. The SMILES string of the molecule is CCCCC(C)(CNC(=O)OCc1ccccc1)CC(=O)N(CCCOc1cccc(CN2CCCCC2)c1)C(=O)O. The summed E-state index contributed by atoms with van der Waals surface area (Å²) in [6.07, 6.45) is 4.74. The van der Waals surface area contributed by atoms with E-state index in [0.717, 1.165) is 48.7 Å². The van der Waals surface area contributed by atoms with Crippen LogP contribution in [0, 0.1) is 5.41 Å². The standard InChI is InChI=1S/C33H47N3O6/c1-3-4-17-33(2,26-34-31(38)42-25-27-13-7-5-8-14-27)23-30(37)36(32(39)40)20-12-21-41-29-16-11-15-28(22-29)24-35-18-9-6-10-19-35/h5,7-8,11,13-16,22H,3-4,6,9-10,12,17-21,23-26H2,1-2H3,(H,34,38)(H,39,40). The number of nitrogens with zero attached hydrogens (tertiary/aromatic N) is 2. The monoisotopic (exact) mass is 581 g/mol. The summed E-state index contributed by atoms with van der Waals surface area (Å²) in [4.78, 5) is 40.8. The lowest BCUT2D eigenvalue weighted by molar-refractivity contribution is -0.131. The van der Waals surface area contributed by atoms with Gasteiger partial charge in [-0.2, -0.15) is 0 Å². The lowest BCUT2D eigenvalue weighted by atomic mass is 9.81. The second kappa shape index (κ2) is 17.4. The highest BCUT2D eigenvalue weighted by molar-refractivity contribution is 5.91. The smallest absolute Gasteiger partial charge is 0.414 e. The van der Waals surface area contributed by atoms with Crippen LogP contribution in [0.15, 0.2) is 54.6 Å². The average Bonchev–Trinajstić information content (AvgIpc) is 2.99. The molecule has 1 aliphatic rings. The molecule has 1 unspecified atom stereocenters. The molecule has 3 rings (SSSR count). The zero-order valence-electron chi connectivity index (χ0n) is 25.2. The van der Waals surface area contributed by atoms with Gasteiger partial charge in [-0.05, 0) is 67.4 Å². The lowest BCUT2D eigenvalue weighted by Gasteiger charge is -2.31. The minimum Gasteiger partial charge on any atom is -0.494 e.